The zero-order valence-corrected chi connectivity index (χ0v) is 17.9. The lowest BCUT2D eigenvalue weighted by atomic mass is 9.98. The first-order valence-corrected chi connectivity index (χ1v) is 10.4. The molecule has 30 heavy (non-hydrogen) atoms. The molecule has 4 nitrogen and oxygen atoms in total. The van der Waals surface area contributed by atoms with Crippen LogP contribution in [0.25, 0.3) is 22.6 Å². The molecule has 1 N–H and O–H groups in total. The number of fused-ring (bicyclic) bond motifs is 1. The van der Waals surface area contributed by atoms with Crippen LogP contribution in [0, 0.1) is 6.92 Å². The second-order valence-corrected chi connectivity index (χ2v) is 7.96. The average molecular weight is 419 g/mol. The van der Waals surface area contributed by atoms with E-state index >= 15 is 0 Å². The molecule has 0 aliphatic heterocycles. The van der Waals surface area contributed by atoms with Gasteiger partial charge in [0.15, 0.2) is 5.58 Å². The van der Waals surface area contributed by atoms with Crippen LogP contribution in [0.15, 0.2) is 64.0 Å². The third-order valence-electron chi connectivity index (χ3n) is 5.28. The van der Waals surface area contributed by atoms with Gasteiger partial charge in [0, 0.05) is 17.3 Å². The first-order chi connectivity index (χ1) is 14.4. The number of benzene rings is 3. The number of halogens is 1. The number of aromatic nitrogens is 1. The molecule has 0 fully saturated rings. The van der Waals surface area contributed by atoms with Crippen LogP contribution >= 0.6 is 11.6 Å². The lowest BCUT2D eigenvalue weighted by Gasteiger charge is -2.07. The summed E-state index contributed by atoms with van der Waals surface area (Å²) < 4.78 is 5.97. The molecule has 0 aliphatic carbocycles. The minimum Gasteiger partial charge on any atom is -0.506 e. The molecule has 0 unspecified atom stereocenters. The molecule has 0 aliphatic rings. The number of aryl methyl sites for hydroxylation is 1. The minimum absolute atomic E-state index is 0.0261. The Labute approximate surface area is 180 Å². The lowest BCUT2D eigenvalue weighted by Crippen LogP contribution is -1.90. The van der Waals surface area contributed by atoms with Gasteiger partial charge in [-0.1, -0.05) is 37.6 Å². The second kappa shape index (κ2) is 8.33. The monoisotopic (exact) mass is 418 g/mol. The molecule has 0 saturated carbocycles. The third-order valence-corrected chi connectivity index (χ3v) is 5.56. The van der Waals surface area contributed by atoms with Gasteiger partial charge in [-0.3, -0.25) is 4.99 Å². The molecular weight excluding hydrogens is 396 g/mol. The average Bonchev–Trinajstić information content (AvgIpc) is 3.18. The van der Waals surface area contributed by atoms with Gasteiger partial charge in [-0.2, -0.15) is 0 Å². The van der Waals surface area contributed by atoms with Gasteiger partial charge >= 0.3 is 0 Å². The number of hydrogen-bond acceptors (Lipinski definition) is 4. The molecule has 1 aromatic heterocycles. The Bertz CT molecular complexity index is 1240. The molecule has 0 bridgehead atoms. The van der Waals surface area contributed by atoms with Crippen LogP contribution in [0.2, 0.25) is 5.02 Å². The summed E-state index contributed by atoms with van der Waals surface area (Å²) in [5, 5.41) is 10.5. The smallest absolute Gasteiger partial charge is 0.227 e. The van der Waals surface area contributed by atoms with Crippen LogP contribution in [0.3, 0.4) is 0 Å². The summed E-state index contributed by atoms with van der Waals surface area (Å²) >= 11 is 6.05. The number of aromatic hydroxyl groups is 1. The van der Waals surface area contributed by atoms with Crippen molar-refractivity contribution in [3.63, 3.8) is 0 Å². The minimum atomic E-state index is 0.0261. The van der Waals surface area contributed by atoms with E-state index in [9.17, 15) is 5.11 Å². The maximum absolute atomic E-state index is 10.1. The van der Waals surface area contributed by atoms with Crippen molar-refractivity contribution in [2.75, 3.05) is 0 Å². The summed E-state index contributed by atoms with van der Waals surface area (Å²) in [5.41, 5.74) is 5.99. The van der Waals surface area contributed by atoms with Crippen molar-refractivity contribution < 1.29 is 9.52 Å². The van der Waals surface area contributed by atoms with Gasteiger partial charge in [0.25, 0.3) is 0 Å². The van der Waals surface area contributed by atoms with Gasteiger partial charge in [-0.25, -0.2) is 4.98 Å². The Morgan fingerprint density at radius 3 is 2.80 bits per heavy atom. The molecule has 4 rings (SSSR count). The number of rotatable bonds is 5. The predicted octanol–water partition coefficient (Wildman–Crippen LogP) is 7.43. The van der Waals surface area contributed by atoms with Gasteiger partial charge < -0.3 is 9.52 Å². The first kappa shape index (κ1) is 20.2. The van der Waals surface area contributed by atoms with Crippen molar-refractivity contribution in [1.82, 2.24) is 4.98 Å². The highest BCUT2D eigenvalue weighted by molar-refractivity contribution is 6.32. The SMILES string of the molecule is CC[C@@H](C)c1ccc2oc(-c3cccc(N=Cc4cc(C)cc(Cl)c4O)c3)nc2c1. The molecule has 1 atom stereocenters. The summed E-state index contributed by atoms with van der Waals surface area (Å²) in [4.78, 5) is 9.18. The van der Waals surface area contributed by atoms with E-state index < -0.39 is 0 Å². The van der Waals surface area contributed by atoms with E-state index in [0.29, 0.717) is 22.4 Å². The van der Waals surface area contributed by atoms with Crippen molar-refractivity contribution in [3.8, 4) is 17.2 Å². The van der Waals surface area contributed by atoms with Gasteiger partial charge in [0.2, 0.25) is 5.89 Å². The topological polar surface area (TPSA) is 58.6 Å². The molecule has 0 spiro atoms. The highest BCUT2D eigenvalue weighted by atomic mass is 35.5. The van der Waals surface area contributed by atoms with Crippen molar-refractivity contribution in [3.05, 3.63) is 76.3 Å². The van der Waals surface area contributed by atoms with Gasteiger partial charge in [0.1, 0.15) is 11.3 Å². The van der Waals surface area contributed by atoms with Crippen LogP contribution < -0.4 is 0 Å². The van der Waals surface area contributed by atoms with Crippen LogP contribution in [0.4, 0.5) is 5.69 Å². The van der Waals surface area contributed by atoms with E-state index in [1.807, 2.05) is 43.3 Å². The number of aliphatic imine (C=N–C) groups is 1. The highest BCUT2D eigenvalue weighted by Gasteiger charge is 2.11. The van der Waals surface area contributed by atoms with E-state index in [1.165, 1.54) is 5.56 Å². The predicted molar refractivity (Wildman–Crippen MR) is 123 cm³/mol. The van der Waals surface area contributed by atoms with E-state index in [4.69, 9.17) is 16.0 Å². The van der Waals surface area contributed by atoms with Gasteiger partial charge in [0.05, 0.1) is 10.7 Å². The van der Waals surface area contributed by atoms with Crippen molar-refractivity contribution in [2.24, 2.45) is 4.99 Å². The first-order valence-electron chi connectivity index (χ1n) is 9.98. The van der Waals surface area contributed by atoms with Crippen LogP contribution in [0.5, 0.6) is 5.75 Å². The number of phenolic OH excluding ortho intramolecular Hbond substituents is 1. The van der Waals surface area contributed by atoms with Crippen LogP contribution in [0.1, 0.15) is 42.9 Å². The molecule has 3 aromatic carbocycles. The summed E-state index contributed by atoms with van der Waals surface area (Å²) in [6.45, 7) is 6.31. The molecule has 1 heterocycles. The largest absolute Gasteiger partial charge is 0.506 e. The summed E-state index contributed by atoms with van der Waals surface area (Å²) in [6, 6.07) is 17.4. The summed E-state index contributed by atoms with van der Waals surface area (Å²) in [7, 11) is 0. The fourth-order valence-corrected chi connectivity index (χ4v) is 3.61. The summed E-state index contributed by atoms with van der Waals surface area (Å²) in [6.07, 6.45) is 2.69. The maximum atomic E-state index is 10.1. The van der Waals surface area contributed by atoms with Crippen molar-refractivity contribution in [1.29, 1.82) is 0 Å². The fraction of sp³-hybridized carbons (Fsp3) is 0.200. The third kappa shape index (κ3) is 4.10. The molecule has 0 amide bonds. The van der Waals surface area contributed by atoms with Crippen LogP contribution in [-0.4, -0.2) is 16.3 Å². The number of oxazole rings is 1. The Morgan fingerprint density at radius 1 is 1.17 bits per heavy atom. The number of hydrogen-bond donors (Lipinski definition) is 1. The lowest BCUT2D eigenvalue weighted by molar-refractivity contribution is 0.474. The van der Waals surface area contributed by atoms with Crippen molar-refractivity contribution >= 4 is 34.6 Å². The molecular formula is C25H23ClN2O2. The zero-order valence-electron chi connectivity index (χ0n) is 17.2. The maximum Gasteiger partial charge on any atom is 0.227 e. The Morgan fingerprint density at radius 2 is 2.00 bits per heavy atom. The second-order valence-electron chi connectivity index (χ2n) is 7.55. The van der Waals surface area contributed by atoms with Crippen molar-refractivity contribution in [2.45, 2.75) is 33.1 Å². The quantitative estimate of drug-likeness (QED) is 0.343. The van der Waals surface area contributed by atoms with Gasteiger partial charge in [-0.05, 0) is 72.9 Å². The molecule has 152 valence electrons. The molecule has 5 heteroatoms. The zero-order chi connectivity index (χ0) is 21.3. The molecule has 0 radical (unpaired) electrons. The van der Waals surface area contributed by atoms with Gasteiger partial charge in [-0.15, -0.1) is 0 Å². The number of nitrogens with zero attached hydrogens (tertiary/aromatic N) is 2. The fourth-order valence-electron chi connectivity index (χ4n) is 3.33. The van der Waals surface area contributed by atoms with E-state index in [1.54, 1.807) is 12.3 Å². The molecule has 0 saturated heterocycles. The standard InChI is InChI=1S/C25H23ClN2O2/c1-4-16(3)17-8-9-23-22(13-17)28-25(30-23)18-6-5-7-20(12-18)27-14-19-10-15(2)11-21(26)24(19)29/h5-14,16,29H,4H2,1-3H3/t16-/m1/s1. The Kier molecular flexibility index (Phi) is 5.60. The normalized spacial score (nSPS) is 12.7. The highest BCUT2D eigenvalue weighted by Crippen LogP contribution is 2.31. The Balaban J connectivity index is 1.65. The number of phenols is 1. The van der Waals surface area contributed by atoms with E-state index in [2.05, 4.69) is 36.0 Å². The van der Waals surface area contributed by atoms with E-state index in [0.717, 1.165) is 34.3 Å². The molecule has 4 aromatic rings. The van der Waals surface area contributed by atoms with E-state index in [-0.39, 0.29) is 5.75 Å². The Hall–Kier alpha value is -3.11. The summed E-state index contributed by atoms with van der Waals surface area (Å²) in [5.74, 6) is 1.07. The van der Waals surface area contributed by atoms with Crippen LogP contribution in [-0.2, 0) is 0 Å².